The molecule has 144 valence electrons. The van der Waals surface area contributed by atoms with Crippen molar-refractivity contribution in [1.29, 1.82) is 0 Å². The second-order valence-corrected chi connectivity index (χ2v) is 6.08. The van der Waals surface area contributed by atoms with E-state index in [1.165, 1.54) is 25.3 Å². The monoisotopic (exact) mass is 402 g/mol. The number of anilines is 1. The Balaban J connectivity index is 1.64. The number of halogens is 1. The van der Waals surface area contributed by atoms with Crippen molar-refractivity contribution in [2.24, 2.45) is 0 Å². The van der Waals surface area contributed by atoms with Gasteiger partial charge in [0.15, 0.2) is 0 Å². The van der Waals surface area contributed by atoms with Crippen LogP contribution in [0.4, 0.5) is 11.4 Å². The van der Waals surface area contributed by atoms with Gasteiger partial charge in [0.1, 0.15) is 11.4 Å². The van der Waals surface area contributed by atoms with Crippen LogP contribution in [-0.2, 0) is 11.2 Å². The van der Waals surface area contributed by atoms with Gasteiger partial charge < -0.3 is 14.5 Å². The molecule has 3 aromatic rings. The van der Waals surface area contributed by atoms with Crippen molar-refractivity contribution in [3.8, 4) is 17.2 Å². The zero-order valence-electron chi connectivity index (χ0n) is 14.7. The van der Waals surface area contributed by atoms with Gasteiger partial charge in [-0.15, -0.1) is 10.2 Å². The third kappa shape index (κ3) is 4.44. The number of rotatable bonds is 7. The summed E-state index contributed by atoms with van der Waals surface area (Å²) in [5, 5.41) is 22.0. The Labute approximate surface area is 164 Å². The van der Waals surface area contributed by atoms with E-state index in [4.69, 9.17) is 20.8 Å². The number of aromatic nitrogens is 2. The molecule has 0 saturated heterocycles. The second kappa shape index (κ2) is 8.49. The molecule has 0 aliphatic rings. The zero-order chi connectivity index (χ0) is 20.1. The van der Waals surface area contributed by atoms with Crippen LogP contribution >= 0.6 is 11.6 Å². The first kappa shape index (κ1) is 19.3. The van der Waals surface area contributed by atoms with Crippen molar-refractivity contribution in [3.05, 3.63) is 63.5 Å². The molecular weight excluding hydrogens is 388 g/mol. The summed E-state index contributed by atoms with van der Waals surface area (Å²) in [6.07, 6.45) is 0.181. The fourth-order valence-electron chi connectivity index (χ4n) is 2.43. The average molecular weight is 403 g/mol. The number of amides is 1. The van der Waals surface area contributed by atoms with E-state index in [-0.39, 0.29) is 36.0 Å². The lowest BCUT2D eigenvalue weighted by molar-refractivity contribution is -0.384. The molecule has 0 saturated carbocycles. The number of carbonyl (C=O) groups excluding carboxylic acids is 1. The van der Waals surface area contributed by atoms with Gasteiger partial charge in [-0.1, -0.05) is 23.7 Å². The second-order valence-electron chi connectivity index (χ2n) is 5.67. The van der Waals surface area contributed by atoms with Crippen LogP contribution in [0.3, 0.4) is 0 Å². The molecule has 1 heterocycles. The van der Waals surface area contributed by atoms with Gasteiger partial charge >= 0.3 is 0 Å². The predicted octanol–water partition coefficient (Wildman–Crippen LogP) is 3.88. The van der Waals surface area contributed by atoms with Gasteiger partial charge in [-0.25, -0.2) is 0 Å². The van der Waals surface area contributed by atoms with Gasteiger partial charge in [-0.2, -0.15) is 0 Å². The van der Waals surface area contributed by atoms with E-state index in [2.05, 4.69) is 15.5 Å². The molecular formula is C18H15ClN4O5. The van der Waals surface area contributed by atoms with Crippen LogP contribution in [0.2, 0.25) is 5.02 Å². The fourth-order valence-corrected chi connectivity index (χ4v) is 2.64. The largest absolute Gasteiger partial charge is 0.496 e. The van der Waals surface area contributed by atoms with E-state index < -0.39 is 10.8 Å². The highest BCUT2D eigenvalue weighted by atomic mass is 35.5. The van der Waals surface area contributed by atoms with E-state index in [0.29, 0.717) is 16.3 Å². The standard InChI is InChI=1S/C18H15ClN4O5/c1-27-11-6-7-14(15(10-11)23(25)26)20-16(24)8-9-17-21-22-18(28-17)12-4-2-3-5-13(12)19/h2-7,10H,8-9H2,1H3,(H,20,24). The van der Waals surface area contributed by atoms with Crippen molar-refractivity contribution in [2.45, 2.75) is 12.8 Å². The molecule has 1 aromatic heterocycles. The topological polar surface area (TPSA) is 120 Å². The normalized spacial score (nSPS) is 10.5. The molecule has 0 spiro atoms. The molecule has 0 aliphatic heterocycles. The molecule has 2 aromatic carbocycles. The van der Waals surface area contributed by atoms with Gasteiger partial charge in [0.25, 0.3) is 5.69 Å². The van der Waals surface area contributed by atoms with Crippen LogP contribution < -0.4 is 10.1 Å². The first-order valence-electron chi connectivity index (χ1n) is 8.17. The lowest BCUT2D eigenvalue weighted by Crippen LogP contribution is -2.13. The number of carbonyl (C=O) groups is 1. The van der Waals surface area contributed by atoms with E-state index in [1.807, 2.05) is 0 Å². The number of nitrogens with zero attached hydrogens (tertiary/aromatic N) is 3. The van der Waals surface area contributed by atoms with E-state index in [0.717, 1.165) is 0 Å². The summed E-state index contributed by atoms with van der Waals surface area (Å²) in [4.78, 5) is 22.7. The summed E-state index contributed by atoms with van der Waals surface area (Å²) < 4.78 is 10.5. The van der Waals surface area contributed by atoms with Crippen molar-refractivity contribution in [1.82, 2.24) is 10.2 Å². The average Bonchev–Trinajstić information content (AvgIpc) is 3.15. The summed E-state index contributed by atoms with van der Waals surface area (Å²) in [5.74, 6) is 0.412. The van der Waals surface area contributed by atoms with Gasteiger partial charge in [-0.3, -0.25) is 14.9 Å². The molecule has 28 heavy (non-hydrogen) atoms. The minimum absolute atomic E-state index is 0.00728. The number of nitrogens with one attached hydrogen (secondary N) is 1. The van der Waals surface area contributed by atoms with Crippen LogP contribution in [0, 0.1) is 10.1 Å². The number of hydrogen-bond donors (Lipinski definition) is 1. The molecule has 0 bridgehead atoms. The Hall–Kier alpha value is -3.46. The number of ether oxygens (including phenoxy) is 1. The lowest BCUT2D eigenvalue weighted by Gasteiger charge is -2.07. The summed E-state index contributed by atoms with van der Waals surface area (Å²) in [6.45, 7) is 0. The molecule has 3 rings (SSSR count). The van der Waals surface area contributed by atoms with Gasteiger partial charge in [0.05, 0.1) is 28.7 Å². The first-order chi connectivity index (χ1) is 13.5. The molecule has 1 N–H and O–H groups in total. The van der Waals surface area contributed by atoms with Crippen molar-refractivity contribution >= 4 is 28.9 Å². The number of benzene rings is 2. The van der Waals surface area contributed by atoms with Gasteiger partial charge in [-0.05, 0) is 24.3 Å². The third-order valence-electron chi connectivity index (χ3n) is 3.81. The Morgan fingerprint density at radius 2 is 2.07 bits per heavy atom. The quantitative estimate of drug-likeness (QED) is 0.470. The Kier molecular flexibility index (Phi) is 5.85. The number of methoxy groups -OCH3 is 1. The SMILES string of the molecule is COc1ccc(NC(=O)CCc2nnc(-c3ccccc3Cl)o2)c([N+](=O)[O-])c1. The highest BCUT2D eigenvalue weighted by Crippen LogP contribution is 2.29. The van der Waals surface area contributed by atoms with Crippen molar-refractivity contribution in [2.75, 3.05) is 12.4 Å². The summed E-state index contributed by atoms with van der Waals surface area (Å²) in [7, 11) is 1.40. The molecule has 10 heteroatoms. The van der Waals surface area contributed by atoms with E-state index in [1.54, 1.807) is 24.3 Å². The molecule has 0 fully saturated rings. The Morgan fingerprint density at radius 3 is 2.79 bits per heavy atom. The van der Waals surface area contributed by atoms with Gasteiger partial charge in [0.2, 0.25) is 17.7 Å². The Morgan fingerprint density at radius 1 is 1.29 bits per heavy atom. The summed E-state index contributed by atoms with van der Waals surface area (Å²) in [5.41, 5.74) is 0.422. The minimum atomic E-state index is -0.591. The Bertz CT molecular complexity index is 1020. The van der Waals surface area contributed by atoms with E-state index >= 15 is 0 Å². The molecule has 0 atom stereocenters. The van der Waals surface area contributed by atoms with Gasteiger partial charge in [0, 0.05) is 12.8 Å². The summed E-state index contributed by atoms with van der Waals surface area (Å²) in [6, 6.07) is 11.2. The maximum absolute atomic E-state index is 12.2. The predicted molar refractivity (Wildman–Crippen MR) is 101 cm³/mol. The zero-order valence-corrected chi connectivity index (χ0v) is 15.5. The van der Waals surface area contributed by atoms with Crippen LogP contribution in [0.25, 0.3) is 11.5 Å². The maximum Gasteiger partial charge on any atom is 0.296 e. The van der Waals surface area contributed by atoms with E-state index in [9.17, 15) is 14.9 Å². The molecule has 0 unspecified atom stereocenters. The van der Waals surface area contributed by atoms with Crippen LogP contribution in [-0.4, -0.2) is 28.1 Å². The van der Waals surface area contributed by atoms with Crippen LogP contribution in [0.1, 0.15) is 12.3 Å². The minimum Gasteiger partial charge on any atom is -0.496 e. The molecule has 0 radical (unpaired) electrons. The number of hydrogen-bond acceptors (Lipinski definition) is 7. The number of nitro benzene ring substituents is 1. The van der Waals surface area contributed by atoms with Crippen LogP contribution in [0.5, 0.6) is 5.75 Å². The highest BCUT2D eigenvalue weighted by Gasteiger charge is 2.18. The number of aryl methyl sites for hydroxylation is 1. The van der Waals surface area contributed by atoms with Crippen molar-refractivity contribution in [3.63, 3.8) is 0 Å². The summed E-state index contributed by atoms with van der Waals surface area (Å²) >= 11 is 6.09. The molecule has 1 amide bonds. The van der Waals surface area contributed by atoms with Crippen molar-refractivity contribution < 1.29 is 18.9 Å². The molecule has 0 aliphatic carbocycles. The lowest BCUT2D eigenvalue weighted by atomic mass is 10.2. The molecule has 9 nitrogen and oxygen atoms in total. The fraction of sp³-hybridized carbons (Fsp3) is 0.167. The smallest absolute Gasteiger partial charge is 0.296 e. The number of nitro groups is 1. The highest BCUT2D eigenvalue weighted by molar-refractivity contribution is 6.33. The van der Waals surface area contributed by atoms with Crippen LogP contribution in [0.15, 0.2) is 46.9 Å². The first-order valence-corrected chi connectivity index (χ1v) is 8.55. The maximum atomic E-state index is 12.2. The third-order valence-corrected chi connectivity index (χ3v) is 4.14.